The number of methoxy groups -OCH3 is 1. The molecule has 1 fully saturated rings. The van der Waals surface area contributed by atoms with Gasteiger partial charge in [0.25, 0.3) is 0 Å². The molecule has 1 amide bonds. The Bertz CT molecular complexity index is 680. The second kappa shape index (κ2) is 7.83. The molecule has 1 atom stereocenters. The third-order valence-electron chi connectivity index (χ3n) is 4.03. The Balaban J connectivity index is 1.70. The normalized spacial score (nSPS) is 17.5. The minimum absolute atomic E-state index is 0.0259. The minimum Gasteiger partial charge on any atom is -0.375 e. The number of nitrogens with zero attached hydrogens (tertiary/aromatic N) is 4. The van der Waals surface area contributed by atoms with Crippen molar-refractivity contribution in [2.24, 2.45) is 0 Å². The highest BCUT2D eigenvalue weighted by Gasteiger charge is 2.25. The molecule has 1 N–H and O–H groups in total. The molecule has 2 aromatic rings. The Hall–Kier alpha value is -2.54. The highest BCUT2D eigenvalue weighted by molar-refractivity contribution is 5.77. The van der Waals surface area contributed by atoms with Gasteiger partial charge in [0.2, 0.25) is 5.91 Å². The number of ether oxygens (including phenoxy) is 1. The van der Waals surface area contributed by atoms with Crippen LogP contribution < -0.4 is 5.32 Å². The minimum atomic E-state index is 0.0259. The highest BCUT2D eigenvalue weighted by atomic mass is 16.5. The van der Waals surface area contributed by atoms with Gasteiger partial charge < -0.3 is 15.0 Å². The monoisotopic (exact) mass is 327 g/mol. The Morgan fingerprint density at radius 1 is 1.38 bits per heavy atom. The van der Waals surface area contributed by atoms with Crippen LogP contribution in [-0.4, -0.2) is 52.6 Å². The van der Waals surface area contributed by atoms with Crippen molar-refractivity contribution in [3.8, 4) is 0 Å². The van der Waals surface area contributed by atoms with Crippen LogP contribution in [0.4, 0.5) is 11.6 Å². The van der Waals surface area contributed by atoms with E-state index in [-0.39, 0.29) is 18.4 Å². The molecule has 24 heavy (non-hydrogen) atoms. The van der Waals surface area contributed by atoms with Crippen LogP contribution in [0.2, 0.25) is 0 Å². The Labute approximate surface area is 141 Å². The first kappa shape index (κ1) is 16.3. The van der Waals surface area contributed by atoms with Gasteiger partial charge in [0.15, 0.2) is 0 Å². The fourth-order valence-corrected chi connectivity index (χ4v) is 2.87. The summed E-state index contributed by atoms with van der Waals surface area (Å²) >= 11 is 0. The van der Waals surface area contributed by atoms with Crippen molar-refractivity contribution < 1.29 is 9.53 Å². The van der Waals surface area contributed by atoms with Crippen molar-refractivity contribution in [1.29, 1.82) is 0 Å². The number of amides is 1. The van der Waals surface area contributed by atoms with Gasteiger partial charge >= 0.3 is 0 Å². The number of pyridine rings is 1. The molecule has 1 aliphatic heterocycles. The summed E-state index contributed by atoms with van der Waals surface area (Å²) in [6.45, 7) is 1.56. The largest absolute Gasteiger partial charge is 0.375 e. The third kappa shape index (κ3) is 4.05. The molecule has 3 heterocycles. The van der Waals surface area contributed by atoms with E-state index in [1.165, 1.54) is 7.11 Å². The number of aromatic nitrogens is 3. The van der Waals surface area contributed by atoms with Crippen molar-refractivity contribution in [2.75, 3.05) is 32.1 Å². The fourth-order valence-electron chi connectivity index (χ4n) is 2.87. The number of carbonyl (C=O) groups excluding carboxylic acids is 1. The number of nitrogens with one attached hydrogen (secondary N) is 1. The molecule has 0 saturated carbocycles. The van der Waals surface area contributed by atoms with Gasteiger partial charge in [0.1, 0.15) is 18.2 Å². The molecule has 1 aliphatic rings. The molecule has 2 aromatic heterocycles. The Morgan fingerprint density at radius 2 is 2.29 bits per heavy atom. The number of rotatable bonds is 5. The second-order valence-corrected chi connectivity index (χ2v) is 5.78. The van der Waals surface area contributed by atoms with Crippen LogP contribution in [0.25, 0.3) is 0 Å². The predicted octanol–water partition coefficient (Wildman–Crippen LogP) is 1.97. The molecule has 3 rings (SSSR count). The lowest BCUT2D eigenvalue weighted by Gasteiger charge is -2.32. The van der Waals surface area contributed by atoms with E-state index in [1.54, 1.807) is 18.6 Å². The van der Waals surface area contributed by atoms with Gasteiger partial charge in [-0.25, -0.2) is 9.97 Å². The van der Waals surface area contributed by atoms with E-state index in [1.807, 2.05) is 23.1 Å². The quantitative estimate of drug-likeness (QED) is 0.904. The van der Waals surface area contributed by atoms with Crippen LogP contribution in [-0.2, 0) is 9.53 Å². The smallest absolute Gasteiger partial charge is 0.248 e. The zero-order chi connectivity index (χ0) is 16.8. The van der Waals surface area contributed by atoms with Crippen LogP contribution >= 0.6 is 0 Å². The van der Waals surface area contributed by atoms with Crippen LogP contribution in [0, 0.1) is 0 Å². The standard InChI is InChI=1S/C17H21N5O2/c1-24-12-17(23)22-8-4-5-13(11-22)14-9-18-10-16(20-14)21-15-6-2-3-7-19-15/h2-3,6-7,9-10,13H,4-5,8,11-12H2,1H3,(H,19,20,21)/t13-/m1/s1. The van der Waals surface area contributed by atoms with Gasteiger partial charge in [0.05, 0.1) is 11.9 Å². The average molecular weight is 327 g/mol. The molecule has 0 aromatic carbocycles. The van der Waals surface area contributed by atoms with Gasteiger partial charge in [0, 0.05) is 38.5 Å². The van der Waals surface area contributed by atoms with Gasteiger partial charge in [-0.3, -0.25) is 9.78 Å². The number of hydrogen-bond acceptors (Lipinski definition) is 6. The maximum absolute atomic E-state index is 12.0. The summed E-state index contributed by atoms with van der Waals surface area (Å²) in [7, 11) is 1.54. The molecule has 1 saturated heterocycles. The van der Waals surface area contributed by atoms with E-state index in [0.717, 1.165) is 30.9 Å². The van der Waals surface area contributed by atoms with E-state index in [2.05, 4.69) is 20.3 Å². The lowest BCUT2D eigenvalue weighted by atomic mass is 9.95. The van der Waals surface area contributed by atoms with Crippen LogP contribution in [0.3, 0.4) is 0 Å². The van der Waals surface area contributed by atoms with Crippen LogP contribution in [0.5, 0.6) is 0 Å². The average Bonchev–Trinajstić information content (AvgIpc) is 2.63. The van der Waals surface area contributed by atoms with Crippen molar-refractivity contribution in [1.82, 2.24) is 19.9 Å². The molecular formula is C17H21N5O2. The molecule has 0 aliphatic carbocycles. The van der Waals surface area contributed by atoms with E-state index >= 15 is 0 Å². The lowest BCUT2D eigenvalue weighted by molar-refractivity contribution is -0.136. The molecular weight excluding hydrogens is 306 g/mol. The van der Waals surface area contributed by atoms with Crippen molar-refractivity contribution in [3.63, 3.8) is 0 Å². The SMILES string of the molecule is COCC(=O)N1CCC[C@@H](c2cncc(Nc3ccccn3)n2)C1. The fraction of sp³-hybridized carbons (Fsp3) is 0.412. The number of carbonyl (C=O) groups is 1. The zero-order valence-electron chi connectivity index (χ0n) is 13.7. The zero-order valence-corrected chi connectivity index (χ0v) is 13.7. The van der Waals surface area contributed by atoms with Gasteiger partial charge in [-0.15, -0.1) is 0 Å². The molecule has 0 unspecified atom stereocenters. The number of anilines is 2. The molecule has 7 heteroatoms. The summed E-state index contributed by atoms with van der Waals surface area (Å²) in [6, 6.07) is 5.65. The Morgan fingerprint density at radius 3 is 3.08 bits per heavy atom. The van der Waals surface area contributed by atoms with Crippen molar-refractivity contribution in [3.05, 3.63) is 42.5 Å². The summed E-state index contributed by atoms with van der Waals surface area (Å²) in [5.74, 6) is 1.60. The van der Waals surface area contributed by atoms with Gasteiger partial charge in [-0.2, -0.15) is 0 Å². The maximum Gasteiger partial charge on any atom is 0.248 e. The lowest BCUT2D eigenvalue weighted by Crippen LogP contribution is -2.41. The van der Waals surface area contributed by atoms with Crippen LogP contribution in [0.15, 0.2) is 36.8 Å². The number of piperidine rings is 1. The predicted molar refractivity (Wildman–Crippen MR) is 90.0 cm³/mol. The molecule has 0 bridgehead atoms. The number of likely N-dealkylation sites (tertiary alicyclic amines) is 1. The van der Waals surface area contributed by atoms with Gasteiger partial charge in [-0.05, 0) is 25.0 Å². The second-order valence-electron chi connectivity index (χ2n) is 5.78. The topological polar surface area (TPSA) is 80.2 Å². The summed E-state index contributed by atoms with van der Waals surface area (Å²) < 4.78 is 4.95. The molecule has 0 spiro atoms. The molecule has 0 radical (unpaired) electrons. The first-order valence-electron chi connectivity index (χ1n) is 8.03. The van der Waals surface area contributed by atoms with E-state index in [4.69, 9.17) is 4.74 Å². The first-order chi connectivity index (χ1) is 11.8. The summed E-state index contributed by atoms with van der Waals surface area (Å²) in [4.78, 5) is 27.0. The third-order valence-corrected chi connectivity index (χ3v) is 4.03. The van der Waals surface area contributed by atoms with Crippen molar-refractivity contribution in [2.45, 2.75) is 18.8 Å². The molecule has 126 valence electrons. The number of hydrogen-bond donors (Lipinski definition) is 1. The summed E-state index contributed by atoms with van der Waals surface area (Å²) in [6.07, 6.45) is 7.13. The Kier molecular flexibility index (Phi) is 5.32. The highest BCUT2D eigenvalue weighted by Crippen LogP contribution is 2.26. The van der Waals surface area contributed by atoms with E-state index in [0.29, 0.717) is 12.4 Å². The van der Waals surface area contributed by atoms with E-state index in [9.17, 15) is 4.79 Å². The van der Waals surface area contributed by atoms with E-state index < -0.39 is 0 Å². The summed E-state index contributed by atoms with van der Waals surface area (Å²) in [5, 5.41) is 3.15. The molecule has 7 nitrogen and oxygen atoms in total. The van der Waals surface area contributed by atoms with Crippen LogP contribution in [0.1, 0.15) is 24.5 Å². The first-order valence-corrected chi connectivity index (χ1v) is 8.03. The maximum atomic E-state index is 12.0. The van der Waals surface area contributed by atoms with Gasteiger partial charge in [-0.1, -0.05) is 6.07 Å². The summed E-state index contributed by atoms with van der Waals surface area (Å²) in [5.41, 5.74) is 0.894. The van der Waals surface area contributed by atoms with Crippen molar-refractivity contribution >= 4 is 17.5 Å².